The van der Waals surface area contributed by atoms with E-state index in [4.69, 9.17) is 15.0 Å². The van der Waals surface area contributed by atoms with Crippen LogP contribution < -0.4 is 10.4 Å². The SMILES string of the molecule is C[Si]1(C)c2ccccc2-c2nc(-c3cccc(-c4cccc(-c5cccc(-c6nc7ccccc7s6)c5)c4)c3)nc(-c3ccccc3)c21. The van der Waals surface area contributed by atoms with Crippen molar-refractivity contribution in [3.05, 3.63) is 152 Å². The molecule has 9 rings (SSSR count). The minimum absolute atomic E-state index is 0.760. The first-order valence-electron chi connectivity index (χ1n) is 16.3. The molecule has 0 atom stereocenters. The smallest absolute Gasteiger partial charge is 0.160 e. The van der Waals surface area contributed by atoms with Gasteiger partial charge in [-0.2, -0.15) is 0 Å². The maximum Gasteiger partial charge on any atom is 0.160 e. The monoisotopic (exact) mass is 649 g/mol. The Morgan fingerprint density at radius 1 is 0.458 bits per heavy atom. The number of rotatable bonds is 5. The fourth-order valence-electron chi connectivity index (χ4n) is 7.09. The summed E-state index contributed by atoms with van der Waals surface area (Å²) in [5.74, 6) is 0.760. The number of thiazole rings is 1. The molecular weight excluding hydrogens is 619 g/mol. The van der Waals surface area contributed by atoms with Crippen LogP contribution in [0.2, 0.25) is 13.1 Å². The van der Waals surface area contributed by atoms with E-state index in [1.54, 1.807) is 11.3 Å². The van der Waals surface area contributed by atoms with Crippen LogP contribution in [0.25, 0.3) is 76.9 Å². The van der Waals surface area contributed by atoms with Crippen molar-refractivity contribution < 1.29 is 0 Å². The Morgan fingerprint density at radius 2 is 1.00 bits per heavy atom. The van der Waals surface area contributed by atoms with Crippen molar-refractivity contribution in [2.24, 2.45) is 0 Å². The molecule has 0 N–H and O–H groups in total. The predicted molar refractivity (Wildman–Crippen MR) is 205 cm³/mol. The molecule has 8 aromatic rings. The van der Waals surface area contributed by atoms with Crippen molar-refractivity contribution >= 4 is 40.0 Å². The zero-order valence-corrected chi connectivity index (χ0v) is 28.5. The molecule has 2 aromatic heterocycles. The number of hydrogen-bond acceptors (Lipinski definition) is 4. The van der Waals surface area contributed by atoms with Crippen molar-refractivity contribution in [2.75, 3.05) is 0 Å². The van der Waals surface area contributed by atoms with Gasteiger partial charge in [0.25, 0.3) is 0 Å². The highest BCUT2D eigenvalue weighted by Crippen LogP contribution is 2.36. The zero-order chi connectivity index (χ0) is 32.2. The van der Waals surface area contributed by atoms with Gasteiger partial charge in [-0.1, -0.05) is 134 Å². The largest absolute Gasteiger partial charge is 0.236 e. The number of aromatic nitrogens is 3. The predicted octanol–water partition coefficient (Wildman–Crippen LogP) is 10.2. The molecule has 0 saturated carbocycles. The summed E-state index contributed by atoms with van der Waals surface area (Å²) in [6, 6.07) is 53.9. The lowest BCUT2D eigenvalue weighted by Crippen LogP contribution is -2.50. The van der Waals surface area contributed by atoms with E-state index in [1.165, 1.54) is 31.8 Å². The molecule has 3 heterocycles. The van der Waals surface area contributed by atoms with Crippen LogP contribution in [-0.4, -0.2) is 23.0 Å². The average Bonchev–Trinajstić information content (AvgIpc) is 3.69. The Morgan fingerprint density at radius 3 is 1.73 bits per heavy atom. The maximum atomic E-state index is 5.34. The summed E-state index contributed by atoms with van der Waals surface area (Å²) in [6.45, 7) is 4.85. The molecule has 228 valence electrons. The standard InChI is InChI=1S/C43H31N3SSi/c1-48(2)38-24-9-6-21-35(38)40-41(48)39(28-13-4-3-5-14-28)45-42(46-40)33-19-11-17-31(26-33)29-15-10-16-30(25-29)32-18-12-20-34(27-32)43-44-36-22-7-8-23-37(36)47-43/h3-27H,1-2H3. The lowest BCUT2D eigenvalue weighted by atomic mass is 9.97. The summed E-state index contributed by atoms with van der Waals surface area (Å²) < 4.78 is 1.21. The van der Waals surface area contributed by atoms with E-state index in [0.29, 0.717) is 0 Å². The molecule has 0 saturated heterocycles. The van der Waals surface area contributed by atoms with Gasteiger partial charge in [0.15, 0.2) is 5.82 Å². The highest BCUT2D eigenvalue weighted by atomic mass is 32.1. The van der Waals surface area contributed by atoms with E-state index in [2.05, 4.69) is 159 Å². The second-order valence-electron chi connectivity index (χ2n) is 12.9. The minimum atomic E-state index is -2.00. The molecule has 0 fully saturated rings. The second-order valence-corrected chi connectivity index (χ2v) is 18.2. The lowest BCUT2D eigenvalue weighted by Gasteiger charge is -2.21. The van der Waals surface area contributed by atoms with Gasteiger partial charge in [-0.3, -0.25) is 0 Å². The van der Waals surface area contributed by atoms with Crippen LogP contribution in [0.3, 0.4) is 0 Å². The summed E-state index contributed by atoms with van der Waals surface area (Å²) in [6.07, 6.45) is 0. The van der Waals surface area contributed by atoms with Crippen LogP contribution in [0, 0.1) is 0 Å². The van der Waals surface area contributed by atoms with E-state index >= 15 is 0 Å². The molecule has 6 aromatic carbocycles. The summed E-state index contributed by atoms with van der Waals surface area (Å²) in [5.41, 5.74) is 12.4. The van der Waals surface area contributed by atoms with Crippen molar-refractivity contribution in [3.63, 3.8) is 0 Å². The third kappa shape index (κ3) is 4.82. The molecule has 5 heteroatoms. The van der Waals surface area contributed by atoms with Gasteiger partial charge in [-0.15, -0.1) is 11.3 Å². The molecule has 0 aliphatic carbocycles. The number of fused-ring (bicyclic) bond motifs is 4. The minimum Gasteiger partial charge on any atom is -0.236 e. The Balaban J connectivity index is 1.12. The van der Waals surface area contributed by atoms with Crippen LogP contribution in [0.4, 0.5) is 0 Å². The normalized spacial score (nSPS) is 13.0. The maximum absolute atomic E-state index is 5.34. The molecule has 3 nitrogen and oxygen atoms in total. The van der Waals surface area contributed by atoms with Crippen molar-refractivity contribution in [1.82, 2.24) is 15.0 Å². The quantitative estimate of drug-likeness (QED) is 0.174. The molecule has 48 heavy (non-hydrogen) atoms. The van der Waals surface area contributed by atoms with Gasteiger partial charge >= 0.3 is 0 Å². The molecule has 0 bridgehead atoms. The Bertz CT molecular complexity index is 2470. The zero-order valence-electron chi connectivity index (χ0n) is 26.7. The van der Waals surface area contributed by atoms with Crippen molar-refractivity contribution in [3.8, 4) is 66.7 Å². The van der Waals surface area contributed by atoms with E-state index in [9.17, 15) is 0 Å². The van der Waals surface area contributed by atoms with Crippen LogP contribution in [0.1, 0.15) is 0 Å². The van der Waals surface area contributed by atoms with Gasteiger partial charge in [-0.05, 0) is 68.5 Å². The first-order valence-corrected chi connectivity index (χ1v) is 20.1. The summed E-state index contributed by atoms with van der Waals surface area (Å²) >= 11 is 1.74. The molecule has 1 aliphatic rings. The van der Waals surface area contributed by atoms with Crippen LogP contribution in [0.15, 0.2) is 152 Å². The van der Waals surface area contributed by atoms with Gasteiger partial charge in [0.2, 0.25) is 0 Å². The van der Waals surface area contributed by atoms with E-state index in [1.807, 2.05) is 6.07 Å². The molecule has 1 aliphatic heterocycles. The Hall–Kier alpha value is -5.49. The van der Waals surface area contributed by atoms with E-state index in [-0.39, 0.29) is 0 Å². The van der Waals surface area contributed by atoms with Crippen molar-refractivity contribution in [2.45, 2.75) is 13.1 Å². The lowest BCUT2D eigenvalue weighted by molar-refractivity contribution is 1.20. The third-order valence-electron chi connectivity index (χ3n) is 9.49. The van der Waals surface area contributed by atoms with Crippen LogP contribution in [0.5, 0.6) is 0 Å². The summed E-state index contributed by atoms with van der Waals surface area (Å²) in [4.78, 5) is 15.6. The third-order valence-corrected chi connectivity index (χ3v) is 14.1. The van der Waals surface area contributed by atoms with Gasteiger partial charge in [0.05, 0.1) is 21.6 Å². The van der Waals surface area contributed by atoms with Gasteiger partial charge < -0.3 is 0 Å². The fraction of sp³-hybridized carbons (Fsp3) is 0.0465. The molecule has 0 spiro atoms. The van der Waals surface area contributed by atoms with Crippen LogP contribution >= 0.6 is 11.3 Å². The highest BCUT2D eigenvalue weighted by molar-refractivity contribution is 7.21. The Kier molecular flexibility index (Phi) is 6.78. The fourth-order valence-corrected chi connectivity index (χ4v) is 11.3. The van der Waals surface area contributed by atoms with E-state index < -0.39 is 8.07 Å². The van der Waals surface area contributed by atoms with Crippen LogP contribution in [-0.2, 0) is 0 Å². The molecule has 0 radical (unpaired) electrons. The first kappa shape index (κ1) is 28.7. The van der Waals surface area contributed by atoms with Gasteiger partial charge in [-0.25, -0.2) is 15.0 Å². The van der Waals surface area contributed by atoms with Crippen molar-refractivity contribution in [1.29, 1.82) is 0 Å². The second kappa shape index (κ2) is 11.3. The topological polar surface area (TPSA) is 38.7 Å². The molecule has 0 unspecified atom stereocenters. The summed E-state index contributed by atoms with van der Waals surface area (Å²) in [7, 11) is -2.00. The van der Waals surface area contributed by atoms with E-state index in [0.717, 1.165) is 55.6 Å². The number of para-hydroxylation sites is 1. The number of nitrogens with zero attached hydrogens (tertiary/aromatic N) is 3. The van der Waals surface area contributed by atoms with Gasteiger partial charge in [0, 0.05) is 16.7 Å². The first-order chi connectivity index (χ1) is 23.5. The Labute approximate surface area is 285 Å². The average molecular weight is 650 g/mol. The summed E-state index contributed by atoms with van der Waals surface area (Å²) in [5, 5.41) is 3.80. The number of hydrogen-bond donors (Lipinski definition) is 0. The number of benzene rings is 6. The van der Waals surface area contributed by atoms with Gasteiger partial charge in [0.1, 0.15) is 13.1 Å². The molecule has 0 amide bonds. The highest BCUT2D eigenvalue weighted by Gasteiger charge is 2.41. The molecular formula is C43H31N3SSi.